The van der Waals surface area contributed by atoms with E-state index in [1.807, 2.05) is 0 Å². The Balaban J connectivity index is 2.46. The van der Waals surface area contributed by atoms with E-state index in [0.29, 0.717) is 0 Å². The lowest BCUT2D eigenvalue weighted by atomic mass is 10.2. The zero-order chi connectivity index (χ0) is 15.8. The van der Waals surface area contributed by atoms with Crippen molar-refractivity contribution in [3.63, 3.8) is 0 Å². The van der Waals surface area contributed by atoms with Crippen LogP contribution in [0.15, 0.2) is 39.4 Å². The van der Waals surface area contributed by atoms with Crippen LogP contribution in [0.25, 0.3) is 0 Å². The first-order valence-corrected chi connectivity index (χ1v) is 9.67. The summed E-state index contributed by atoms with van der Waals surface area (Å²) in [5.74, 6) is 0. The van der Waals surface area contributed by atoms with Crippen LogP contribution in [-0.4, -0.2) is 16.8 Å². The Kier molecular flexibility index (Phi) is 4.11. The average Bonchev–Trinajstić information content (AvgIpc) is 2.78. The van der Waals surface area contributed by atoms with Gasteiger partial charge in [0.2, 0.25) is 10.0 Å². The van der Waals surface area contributed by atoms with Gasteiger partial charge < -0.3 is 0 Å². The number of aryl methyl sites for hydroxylation is 1. The molecule has 1 heterocycles. The van der Waals surface area contributed by atoms with E-state index in [2.05, 4.69) is 4.72 Å². The predicted octanol–water partition coefficient (Wildman–Crippen LogP) is 1.81. The zero-order valence-electron chi connectivity index (χ0n) is 11.3. The highest BCUT2D eigenvalue weighted by molar-refractivity contribution is 7.94. The average molecular weight is 346 g/mol. The van der Waals surface area contributed by atoms with Crippen molar-refractivity contribution in [1.29, 1.82) is 0 Å². The van der Waals surface area contributed by atoms with Crippen LogP contribution >= 0.6 is 11.3 Å². The normalized spacial score (nSPS) is 12.3. The van der Waals surface area contributed by atoms with Crippen molar-refractivity contribution in [2.75, 3.05) is 4.72 Å². The summed E-state index contributed by atoms with van der Waals surface area (Å²) in [4.78, 5) is 0.760. The second-order valence-corrected chi connectivity index (χ2v) is 9.17. The van der Waals surface area contributed by atoms with E-state index >= 15 is 0 Å². The molecule has 0 fully saturated rings. The molecule has 0 atom stereocenters. The molecule has 0 unspecified atom stereocenters. The van der Waals surface area contributed by atoms with Gasteiger partial charge in [0.05, 0.1) is 10.6 Å². The maximum Gasteiger partial charge on any atom is 0.271 e. The number of nitrogens with one attached hydrogen (secondary N) is 1. The monoisotopic (exact) mass is 346 g/mol. The summed E-state index contributed by atoms with van der Waals surface area (Å²) >= 11 is 1.14. The summed E-state index contributed by atoms with van der Waals surface area (Å²) in [6.45, 7) is 3.30. The minimum Gasteiger partial charge on any atom is -0.279 e. The van der Waals surface area contributed by atoms with Crippen molar-refractivity contribution in [2.24, 2.45) is 5.14 Å². The Hall–Kier alpha value is -1.42. The molecule has 1 aromatic heterocycles. The Morgan fingerprint density at radius 3 is 2.24 bits per heavy atom. The van der Waals surface area contributed by atoms with E-state index in [1.54, 1.807) is 13.0 Å². The number of sulfonamides is 2. The highest BCUT2D eigenvalue weighted by Gasteiger charge is 2.20. The number of nitrogens with two attached hydrogens (primary N) is 1. The fourth-order valence-corrected chi connectivity index (χ4v) is 5.00. The first kappa shape index (κ1) is 16.0. The van der Waals surface area contributed by atoms with E-state index in [4.69, 9.17) is 5.14 Å². The molecule has 0 spiro atoms. The predicted molar refractivity (Wildman–Crippen MR) is 82.4 cm³/mol. The van der Waals surface area contributed by atoms with Gasteiger partial charge in [-0.05, 0) is 43.7 Å². The van der Waals surface area contributed by atoms with Crippen molar-refractivity contribution in [2.45, 2.75) is 23.0 Å². The number of hydrogen-bond donors (Lipinski definition) is 2. The minimum absolute atomic E-state index is 0.106. The molecule has 9 heteroatoms. The number of hydrogen-bond acceptors (Lipinski definition) is 5. The lowest BCUT2D eigenvalue weighted by molar-refractivity contribution is 0.596. The molecule has 21 heavy (non-hydrogen) atoms. The van der Waals surface area contributed by atoms with Gasteiger partial charge in [-0.1, -0.05) is 6.07 Å². The van der Waals surface area contributed by atoms with Crippen LogP contribution in [-0.2, 0) is 20.0 Å². The summed E-state index contributed by atoms with van der Waals surface area (Å²) < 4.78 is 49.9. The van der Waals surface area contributed by atoms with Crippen molar-refractivity contribution in [1.82, 2.24) is 0 Å². The minimum atomic E-state index is -3.90. The third-order valence-electron chi connectivity index (χ3n) is 2.82. The molecule has 0 aliphatic carbocycles. The van der Waals surface area contributed by atoms with Gasteiger partial charge in [0.15, 0.2) is 0 Å². The van der Waals surface area contributed by atoms with Crippen LogP contribution in [0.2, 0.25) is 0 Å². The van der Waals surface area contributed by atoms with Crippen molar-refractivity contribution in [3.05, 3.63) is 40.8 Å². The molecule has 3 N–H and O–H groups in total. The van der Waals surface area contributed by atoms with E-state index in [1.165, 1.54) is 31.2 Å². The molecule has 2 rings (SSSR count). The van der Waals surface area contributed by atoms with Gasteiger partial charge in [-0.3, -0.25) is 4.72 Å². The Labute approximate surface area is 127 Å². The van der Waals surface area contributed by atoms with Crippen LogP contribution in [0.1, 0.15) is 10.4 Å². The smallest absolute Gasteiger partial charge is 0.271 e. The standard InChI is InChI=1S/C12H14N2O4S3/c1-8-6-7-12(19-8)21(17,18)14-10-4-3-5-11(9(10)2)20(13,15)16/h3-7,14H,1-2H3,(H2,13,15,16). The van der Waals surface area contributed by atoms with Crippen molar-refractivity contribution < 1.29 is 16.8 Å². The lowest BCUT2D eigenvalue weighted by Gasteiger charge is -2.11. The second-order valence-electron chi connectivity index (χ2n) is 4.44. The highest BCUT2D eigenvalue weighted by atomic mass is 32.2. The van der Waals surface area contributed by atoms with Crippen molar-refractivity contribution in [3.8, 4) is 0 Å². The van der Waals surface area contributed by atoms with Gasteiger partial charge in [-0.15, -0.1) is 11.3 Å². The van der Waals surface area contributed by atoms with Gasteiger partial charge in [-0.25, -0.2) is 22.0 Å². The Bertz CT molecular complexity index is 883. The lowest BCUT2D eigenvalue weighted by Crippen LogP contribution is -2.17. The third kappa shape index (κ3) is 3.43. The molecule has 1 aromatic carbocycles. The second kappa shape index (κ2) is 5.41. The molecule has 0 bridgehead atoms. The third-order valence-corrected chi connectivity index (χ3v) is 6.73. The summed E-state index contributed by atoms with van der Waals surface area (Å²) in [5.41, 5.74) is 0.449. The molecule has 2 aromatic rings. The Morgan fingerprint density at radius 2 is 1.71 bits per heavy atom. The summed E-state index contributed by atoms with van der Waals surface area (Å²) in [6.07, 6.45) is 0. The number of benzene rings is 1. The highest BCUT2D eigenvalue weighted by Crippen LogP contribution is 2.27. The number of rotatable bonds is 4. The largest absolute Gasteiger partial charge is 0.279 e. The van der Waals surface area contributed by atoms with E-state index in [0.717, 1.165) is 16.2 Å². The van der Waals surface area contributed by atoms with Gasteiger partial charge in [0.1, 0.15) is 4.21 Å². The molecule has 6 nitrogen and oxygen atoms in total. The first-order chi connectivity index (χ1) is 9.61. The molecule has 0 saturated carbocycles. The van der Waals surface area contributed by atoms with Crippen LogP contribution in [0.5, 0.6) is 0 Å². The quantitative estimate of drug-likeness (QED) is 0.880. The molecule has 0 aliphatic heterocycles. The maximum absolute atomic E-state index is 12.2. The SMILES string of the molecule is Cc1ccc(S(=O)(=O)Nc2cccc(S(N)(=O)=O)c2C)s1. The molecule has 0 radical (unpaired) electrons. The summed E-state index contributed by atoms with van der Waals surface area (Å²) in [6, 6.07) is 7.46. The fourth-order valence-electron chi connectivity index (χ4n) is 1.78. The van der Waals surface area contributed by atoms with E-state index in [-0.39, 0.29) is 20.4 Å². The van der Waals surface area contributed by atoms with Gasteiger partial charge >= 0.3 is 0 Å². The van der Waals surface area contributed by atoms with Crippen LogP contribution < -0.4 is 9.86 Å². The molecular formula is C12H14N2O4S3. The summed E-state index contributed by atoms with van der Waals surface area (Å²) in [7, 11) is -7.65. The molecule has 0 amide bonds. The fraction of sp³-hybridized carbons (Fsp3) is 0.167. The van der Waals surface area contributed by atoms with Gasteiger partial charge in [0.25, 0.3) is 10.0 Å². The number of anilines is 1. The molecule has 114 valence electrons. The van der Waals surface area contributed by atoms with Crippen LogP contribution in [0, 0.1) is 13.8 Å². The molecule has 0 saturated heterocycles. The zero-order valence-corrected chi connectivity index (χ0v) is 13.8. The van der Waals surface area contributed by atoms with Gasteiger partial charge in [-0.2, -0.15) is 0 Å². The number of thiophene rings is 1. The summed E-state index contributed by atoms with van der Waals surface area (Å²) in [5, 5.41) is 5.10. The first-order valence-electron chi connectivity index (χ1n) is 5.83. The van der Waals surface area contributed by atoms with Gasteiger partial charge in [0, 0.05) is 4.88 Å². The topological polar surface area (TPSA) is 106 Å². The van der Waals surface area contributed by atoms with Crippen LogP contribution in [0.3, 0.4) is 0 Å². The van der Waals surface area contributed by atoms with Crippen LogP contribution in [0.4, 0.5) is 5.69 Å². The number of primary sulfonamides is 1. The Morgan fingerprint density at radius 1 is 1.05 bits per heavy atom. The van der Waals surface area contributed by atoms with Crippen molar-refractivity contribution >= 4 is 37.1 Å². The maximum atomic E-state index is 12.2. The molecular weight excluding hydrogens is 332 g/mol. The van der Waals surface area contributed by atoms with E-state index < -0.39 is 20.0 Å². The van der Waals surface area contributed by atoms with E-state index in [9.17, 15) is 16.8 Å². The molecule has 0 aliphatic rings.